The molecule has 0 saturated carbocycles. The molecule has 0 fully saturated rings. The second kappa shape index (κ2) is 4.35. The van der Waals surface area contributed by atoms with Gasteiger partial charge in [0.25, 0.3) is 5.92 Å². The lowest BCUT2D eigenvalue weighted by molar-refractivity contribution is -0.153. The van der Waals surface area contributed by atoms with Gasteiger partial charge in [-0.15, -0.1) is 0 Å². The largest absolute Gasteiger partial charge is 0.481 e. The Morgan fingerprint density at radius 3 is 2.33 bits per heavy atom. The molecule has 0 heterocycles. The minimum atomic E-state index is -3.54. The first-order chi connectivity index (χ1) is 6.94. The maximum absolute atomic E-state index is 13.4. The van der Waals surface area contributed by atoms with Gasteiger partial charge in [-0.1, -0.05) is 30.3 Å². The summed E-state index contributed by atoms with van der Waals surface area (Å²) in [6.45, 7) is 0. The van der Waals surface area contributed by atoms with Crippen LogP contribution >= 0.6 is 0 Å². The van der Waals surface area contributed by atoms with E-state index in [1.807, 2.05) is 0 Å². The topological polar surface area (TPSA) is 57.5 Å². The number of aliphatic hydroxyl groups excluding tert-OH is 1. The number of benzene rings is 1. The molecule has 0 aliphatic carbocycles. The van der Waals surface area contributed by atoms with Crippen LogP contribution in [-0.4, -0.2) is 22.3 Å². The second-order valence-corrected chi connectivity index (χ2v) is 3.10. The highest BCUT2D eigenvalue weighted by molar-refractivity contribution is 5.67. The van der Waals surface area contributed by atoms with E-state index in [1.165, 1.54) is 12.1 Å². The smallest absolute Gasteiger partial charge is 0.306 e. The predicted octanol–water partition coefficient (Wildman–Crippen LogP) is 1.61. The van der Waals surface area contributed by atoms with E-state index < -0.39 is 30.0 Å². The molecule has 0 aliphatic rings. The number of aliphatic carboxylic acids is 1. The van der Waals surface area contributed by atoms with Gasteiger partial charge in [0.15, 0.2) is 0 Å². The van der Waals surface area contributed by atoms with Gasteiger partial charge in [-0.3, -0.25) is 4.79 Å². The van der Waals surface area contributed by atoms with E-state index in [0.717, 1.165) is 12.1 Å². The summed E-state index contributed by atoms with van der Waals surface area (Å²) in [5, 5.41) is 17.4. The molecular formula is C10H10F2O3. The van der Waals surface area contributed by atoms with E-state index in [2.05, 4.69) is 0 Å². The summed E-state index contributed by atoms with van der Waals surface area (Å²) in [7, 11) is 0. The Morgan fingerprint density at radius 2 is 1.87 bits per heavy atom. The van der Waals surface area contributed by atoms with Crippen molar-refractivity contribution in [1.29, 1.82) is 0 Å². The molecule has 0 amide bonds. The first kappa shape index (κ1) is 11.6. The first-order valence-corrected chi connectivity index (χ1v) is 4.28. The third-order valence-corrected chi connectivity index (χ3v) is 1.95. The van der Waals surface area contributed by atoms with Gasteiger partial charge in [0.2, 0.25) is 0 Å². The lowest BCUT2D eigenvalue weighted by atomic mass is 10.0. The Balaban J connectivity index is 2.87. The van der Waals surface area contributed by atoms with Crippen molar-refractivity contribution >= 4 is 5.97 Å². The zero-order chi connectivity index (χ0) is 11.5. The van der Waals surface area contributed by atoms with Crippen LogP contribution in [-0.2, 0) is 10.7 Å². The van der Waals surface area contributed by atoms with Crippen molar-refractivity contribution in [2.24, 2.45) is 0 Å². The maximum Gasteiger partial charge on any atom is 0.306 e. The van der Waals surface area contributed by atoms with Gasteiger partial charge in [-0.25, -0.2) is 0 Å². The molecule has 5 heteroatoms. The zero-order valence-corrected chi connectivity index (χ0v) is 7.73. The third-order valence-electron chi connectivity index (χ3n) is 1.95. The number of carboxylic acid groups (broad SMARTS) is 1. The van der Waals surface area contributed by atoms with Crippen LogP contribution in [0.4, 0.5) is 8.78 Å². The second-order valence-electron chi connectivity index (χ2n) is 3.10. The fourth-order valence-corrected chi connectivity index (χ4v) is 1.15. The molecule has 1 aromatic rings. The van der Waals surface area contributed by atoms with Crippen molar-refractivity contribution in [2.75, 3.05) is 0 Å². The molecule has 0 saturated heterocycles. The lowest BCUT2D eigenvalue weighted by Gasteiger charge is -2.21. The SMILES string of the molecule is O=C(O)C[C@@H](O)C(F)(F)c1ccccc1. The Bertz CT molecular complexity index is 338. The fourth-order valence-electron chi connectivity index (χ4n) is 1.15. The van der Waals surface area contributed by atoms with Crippen molar-refractivity contribution in [2.45, 2.75) is 18.4 Å². The van der Waals surface area contributed by atoms with Crippen LogP contribution in [0.15, 0.2) is 30.3 Å². The highest BCUT2D eigenvalue weighted by atomic mass is 19.3. The fraction of sp³-hybridized carbons (Fsp3) is 0.300. The highest BCUT2D eigenvalue weighted by Gasteiger charge is 2.41. The van der Waals surface area contributed by atoms with E-state index in [9.17, 15) is 13.6 Å². The van der Waals surface area contributed by atoms with Gasteiger partial charge in [0.05, 0.1) is 6.42 Å². The molecule has 1 aromatic carbocycles. The van der Waals surface area contributed by atoms with Crippen LogP contribution < -0.4 is 0 Å². The van der Waals surface area contributed by atoms with Gasteiger partial charge in [0.1, 0.15) is 6.10 Å². The zero-order valence-electron chi connectivity index (χ0n) is 7.73. The molecule has 0 unspecified atom stereocenters. The number of alkyl halides is 2. The van der Waals surface area contributed by atoms with Crippen LogP contribution in [0.1, 0.15) is 12.0 Å². The number of hydrogen-bond acceptors (Lipinski definition) is 2. The van der Waals surface area contributed by atoms with Crippen LogP contribution in [0.3, 0.4) is 0 Å². The van der Waals surface area contributed by atoms with Crippen LogP contribution in [0.2, 0.25) is 0 Å². The average molecular weight is 216 g/mol. The van der Waals surface area contributed by atoms with Crippen LogP contribution in [0.25, 0.3) is 0 Å². The lowest BCUT2D eigenvalue weighted by Crippen LogP contribution is -2.32. The molecule has 0 spiro atoms. The highest BCUT2D eigenvalue weighted by Crippen LogP contribution is 2.32. The number of rotatable bonds is 4. The number of hydrogen-bond donors (Lipinski definition) is 2. The normalized spacial score (nSPS) is 13.5. The number of carboxylic acids is 1. The van der Waals surface area contributed by atoms with E-state index >= 15 is 0 Å². The monoisotopic (exact) mass is 216 g/mol. The molecule has 2 N–H and O–H groups in total. The predicted molar refractivity (Wildman–Crippen MR) is 48.6 cm³/mol. The molecule has 0 bridgehead atoms. The van der Waals surface area contributed by atoms with Gasteiger partial charge < -0.3 is 10.2 Å². The minimum Gasteiger partial charge on any atom is -0.481 e. The van der Waals surface area contributed by atoms with Crippen molar-refractivity contribution in [3.8, 4) is 0 Å². The summed E-state index contributed by atoms with van der Waals surface area (Å²) in [5.74, 6) is -5.00. The van der Waals surface area contributed by atoms with Gasteiger partial charge in [-0.05, 0) is 0 Å². The summed E-state index contributed by atoms with van der Waals surface area (Å²) in [5.41, 5.74) is -0.390. The Morgan fingerprint density at radius 1 is 1.33 bits per heavy atom. The molecule has 82 valence electrons. The van der Waals surface area contributed by atoms with Gasteiger partial charge in [0, 0.05) is 5.56 Å². The van der Waals surface area contributed by atoms with Crippen LogP contribution in [0, 0.1) is 0 Å². The standard InChI is InChI=1S/C10H10F2O3/c11-10(12,8(13)6-9(14)15)7-4-2-1-3-5-7/h1-5,8,13H,6H2,(H,14,15)/t8-/m1/s1. The Labute approximate surface area is 85.0 Å². The molecule has 3 nitrogen and oxygen atoms in total. The summed E-state index contributed by atoms with van der Waals surface area (Å²) in [6.07, 6.45) is -3.19. The molecule has 0 aliphatic heterocycles. The van der Waals surface area contributed by atoms with E-state index in [4.69, 9.17) is 10.2 Å². The number of aliphatic hydroxyl groups is 1. The molecule has 15 heavy (non-hydrogen) atoms. The van der Waals surface area contributed by atoms with Gasteiger partial charge >= 0.3 is 5.97 Å². The maximum atomic E-state index is 13.4. The Kier molecular flexibility index (Phi) is 3.36. The van der Waals surface area contributed by atoms with Crippen molar-refractivity contribution in [1.82, 2.24) is 0 Å². The van der Waals surface area contributed by atoms with Crippen molar-refractivity contribution < 1.29 is 23.8 Å². The summed E-state index contributed by atoms with van der Waals surface area (Å²) < 4.78 is 26.8. The van der Waals surface area contributed by atoms with E-state index in [-0.39, 0.29) is 0 Å². The molecule has 1 atom stereocenters. The molecule has 0 aromatic heterocycles. The molecular weight excluding hydrogens is 206 g/mol. The first-order valence-electron chi connectivity index (χ1n) is 4.28. The van der Waals surface area contributed by atoms with Gasteiger partial charge in [-0.2, -0.15) is 8.78 Å². The number of carbonyl (C=O) groups is 1. The molecule has 1 rings (SSSR count). The summed E-state index contributed by atoms with van der Waals surface area (Å²) in [4.78, 5) is 10.2. The van der Waals surface area contributed by atoms with E-state index in [1.54, 1.807) is 6.07 Å². The van der Waals surface area contributed by atoms with Crippen LogP contribution in [0.5, 0.6) is 0 Å². The third kappa shape index (κ3) is 2.73. The molecule has 0 radical (unpaired) electrons. The van der Waals surface area contributed by atoms with Crippen molar-refractivity contribution in [3.63, 3.8) is 0 Å². The van der Waals surface area contributed by atoms with Crippen molar-refractivity contribution in [3.05, 3.63) is 35.9 Å². The minimum absolute atomic E-state index is 0.390. The van der Waals surface area contributed by atoms with E-state index in [0.29, 0.717) is 0 Å². The summed E-state index contributed by atoms with van der Waals surface area (Å²) >= 11 is 0. The quantitative estimate of drug-likeness (QED) is 0.803. The average Bonchev–Trinajstić information content (AvgIpc) is 2.18. The number of halogens is 2. The Hall–Kier alpha value is -1.49. The summed E-state index contributed by atoms with van der Waals surface area (Å²) in [6, 6.07) is 6.65.